The molecule has 1 atom stereocenters. The molecule has 1 aromatic rings. The number of rotatable bonds is 4. The predicted molar refractivity (Wildman–Crippen MR) is 67.8 cm³/mol. The zero-order chi connectivity index (χ0) is 13.0. The maximum atomic E-state index is 11.7. The van der Waals surface area contributed by atoms with Gasteiger partial charge in [-0.1, -0.05) is 6.07 Å². The minimum atomic E-state index is -0.0374. The van der Waals surface area contributed by atoms with Crippen molar-refractivity contribution in [3.05, 3.63) is 23.8 Å². The van der Waals surface area contributed by atoms with Crippen LogP contribution in [-0.2, 0) is 11.2 Å². The quantitative estimate of drug-likeness (QED) is 0.814. The van der Waals surface area contributed by atoms with E-state index in [0.717, 1.165) is 11.3 Å². The van der Waals surface area contributed by atoms with Crippen molar-refractivity contribution in [3.8, 4) is 11.5 Å². The lowest BCUT2D eigenvalue weighted by Crippen LogP contribution is -2.38. The maximum absolute atomic E-state index is 11.7. The molecule has 1 aliphatic heterocycles. The number of amides is 1. The summed E-state index contributed by atoms with van der Waals surface area (Å²) in [6.45, 7) is 3.43. The van der Waals surface area contributed by atoms with E-state index in [4.69, 9.17) is 15.2 Å². The molecule has 1 aromatic carbocycles. The Morgan fingerprint density at radius 2 is 2.11 bits per heavy atom. The van der Waals surface area contributed by atoms with E-state index in [0.29, 0.717) is 31.9 Å². The average Bonchev–Trinajstić information content (AvgIpc) is 2.38. The second-order valence-electron chi connectivity index (χ2n) is 4.36. The first kappa shape index (κ1) is 12.7. The van der Waals surface area contributed by atoms with Gasteiger partial charge in [-0.2, -0.15) is 0 Å². The van der Waals surface area contributed by atoms with Crippen molar-refractivity contribution in [1.82, 2.24) is 5.32 Å². The van der Waals surface area contributed by atoms with E-state index in [1.54, 1.807) is 0 Å². The fourth-order valence-corrected chi connectivity index (χ4v) is 1.77. The largest absolute Gasteiger partial charge is 0.486 e. The summed E-state index contributed by atoms with van der Waals surface area (Å²) in [6, 6.07) is 5.56. The first-order valence-corrected chi connectivity index (χ1v) is 6.07. The normalized spacial score (nSPS) is 15.0. The Hall–Kier alpha value is -1.75. The highest BCUT2D eigenvalue weighted by Crippen LogP contribution is 2.30. The van der Waals surface area contributed by atoms with Gasteiger partial charge in [0.05, 0.1) is 6.42 Å². The molecule has 2 rings (SSSR count). The van der Waals surface area contributed by atoms with Gasteiger partial charge < -0.3 is 20.5 Å². The Balaban J connectivity index is 1.99. The van der Waals surface area contributed by atoms with Gasteiger partial charge in [0.2, 0.25) is 5.91 Å². The van der Waals surface area contributed by atoms with Crippen molar-refractivity contribution in [2.75, 3.05) is 19.8 Å². The lowest BCUT2D eigenvalue weighted by molar-refractivity contribution is -0.120. The van der Waals surface area contributed by atoms with Crippen molar-refractivity contribution in [3.63, 3.8) is 0 Å². The Morgan fingerprint density at radius 1 is 1.39 bits per heavy atom. The van der Waals surface area contributed by atoms with Crippen LogP contribution in [0.5, 0.6) is 11.5 Å². The van der Waals surface area contributed by atoms with Gasteiger partial charge in [-0.15, -0.1) is 0 Å². The summed E-state index contributed by atoms with van der Waals surface area (Å²) in [5, 5.41) is 2.82. The van der Waals surface area contributed by atoms with Crippen LogP contribution in [0.15, 0.2) is 18.2 Å². The number of ether oxygens (including phenoxy) is 2. The molecule has 0 fully saturated rings. The molecule has 98 valence electrons. The molecule has 1 heterocycles. The molecular weight excluding hydrogens is 232 g/mol. The molecule has 0 aliphatic carbocycles. The maximum Gasteiger partial charge on any atom is 0.224 e. The summed E-state index contributed by atoms with van der Waals surface area (Å²) in [5.41, 5.74) is 6.36. The van der Waals surface area contributed by atoms with Crippen LogP contribution >= 0.6 is 0 Å². The predicted octanol–water partition coefficient (Wildman–Crippen LogP) is 0.464. The van der Waals surface area contributed by atoms with E-state index in [1.807, 2.05) is 25.1 Å². The molecule has 0 bridgehead atoms. The lowest BCUT2D eigenvalue weighted by atomic mass is 10.1. The fourth-order valence-electron chi connectivity index (χ4n) is 1.77. The van der Waals surface area contributed by atoms with Gasteiger partial charge in [-0.05, 0) is 24.6 Å². The first-order chi connectivity index (χ1) is 8.69. The highest BCUT2D eigenvalue weighted by molar-refractivity contribution is 5.79. The van der Waals surface area contributed by atoms with Crippen molar-refractivity contribution in [2.24, 2.45) is 5.73 Å². The summed E-state index contributed by atoms with van der Waals surface area (Å²) in [4.78, 5) is 11.7. The van der Waals surface area contributed by atoms with Crippen molar-refractivity contribution in [2.45, 2.75) is 19.4 Å². The topological polar surface area (TPSA) is 73.6 Å². The van der Waals surface area contributed by atoms with Gasteiger partial charge in [-0.3, -0.25) is 4.79 Å². The van der Waals surface area contributed by atoms with Gasteiger partial charge >= 0.3 is 0 Å². The summed E-state index contributed by atoms with van der Waals surface area (Å²) in [5.74, 6) is 1.41. The monoisotopic (exact) mass is 250 g/mol. The third kappa shape index (κ3) is 3.13. The number of carbonyl (C=O) groups is 1. The molecule has 1 amide bonds. The summed E-state index contributed by atoms with van der Waals surface area (Å²) >= 11 is 0. The average molecular weight is 250 g/mol. The second-order valence-corrected chi connectivity index (χ2v) is 4.36. The van der Waals surface area contributed by atoms with Crippen LogP contribution in [0.3, 0.4) is 0 Å². The number of hydrogen-bond acceptors (Lipinski definition) is 4. The van der Waals surface area contributed by atoms with Crippen LogP contribution in [0.25, 0.3) is 0 Å². The lowest BCUT2D eigenvalue weighted by Gasteiger charge is -2.19. The number of carbonyl (C=O) groups excluding carboxylic acids is 1. The van der Waals surface area contributed by atoms with Gasteiger partial charge in [0, 0.05) is 12.6 Å². The molecule has 1 aliphatic rings. The molecule has 0 spiro atoms. The number of benzene rings is 1. The molecule has 5 nitrogen and oxygen atoms in total. The van der Waals surface area contributed by atoms with E-state index in [-0.39, 0.29) is 11.9 Å². The number of fused-ring (bicyclic) bond motifs is 1. The smallest absolute Gasteiger partial charge is 0.224 e. The minimum Gasteiger partial charge on any atom is -0.486 e. The number of nitrogens with two attached hydrogens (primary N) is 1. The van der Waals surface area contributed by atoms with Crippen molar-refractivity contribution >= 4 is 5.91 Å². The number of nitrogens with one attached hydrogen (secondary N) is 1. The zero-order valence-electron chi connectivity index (χ0n) is 10.4. The molecular formula is C13H18N2O3. The van der Waals surface area contributed by atoms with Crippen LogP contribution in [0.4, 0.5) is 0 Å². The van der Waals surface area contributed by atoms with Crippen LogP contribution in [-0.4, -0.2) is 31.7 Å². The molecule has 0 aromatic heterocycles. The Kier molecular flexibility index (Phi) is 4.04. The third-order valence-corrected chi connectivity index (χ3v) is 2.73. The fraction of sp³-hybridized carbons (Fsp3) is 0.462. The SMILES string of the molecule is CC(CN)NC(=O)Cc1ccc2c(c1)OCCO2. The van der Waals surface area contributed by atoms with Crippen molar-refractivity contribution < 1.29 is 14.3 Å². The second kappa shape index (κ2) is 5.73. The molecule has 5 heteroatoms. The van der Waals surface area contributed by atoms with E-state index in [9.17, 15) is 4.79 Å². The minimum absolute atomic E-state index is 0.00490. The standard InChI is InChI=1S/C13H18N2O3/c1-9(8-14)15-13(16)7-10-2-3-11-12(6-10)18-5-4-17-11/h2-3,6,9H,4-5,7-8,14H2,1H3,(H,15,16). The van der Waals surface area contributed by atoms with Crippen LogP contribution in [0.2, 0.25) is 0 Å². The summed E-state index contributed by atoms with van der Waals surface area (Å²) in [7, 11) is 0. The molecule has 0 saturated heterocycles. The molecule has 18 heavy (non-hydrogen) atoms. The Labute approximate surface area is 106 Å². The molecule has 3 N–H and O–H groups in total. The van der Waals surface area contributed by atoms with E-state index in [1.165, 1.54) is 0 Å². The zero-order valence-corrected chi connectivity index (χ0v) is 10.4. The van der Waals surface area contributed by atoms with Crippen LogP contribution < -0.4 is 20.5 Å². The van der Waals surface area contributed by atoms with Gasteiger partial charge in [0.15, 0.2) is 11.5 Å². The van der Waals surface area contributed by atoms with Gasteiger partial charge in [0.1, 0.15) is 13.2 Å². The molecule has 0 saturated carbocycles. The number of hydrogen-bond donors (Lipinski definition) is 2. The van der Waals surface area contributed by atoms with E-state index >= 15 is 0 Å². The van der Waals surface area contributed by atoms with Gasteiger partial charge in [0.25, 0.3) is 0 Å². The Morgan fingerprint density at radius 3 is 2.83 bits per heavy atom. The van der Waals surface area contributed by atoms with Gasteiger partial charge in [-0.25, -0.2) is 0 Å². The Bertz CT molecular complexity index is 434. The molecule has 0 radical (unpaired) electrons. The van der Waals surface area contributed by atoms with Crippen LogP contribution in [0.1, 0.15) is 12.5 Å². The first-order valence-electron chi connectivity index (χ1n) is 6.07. The summed E-state index contributed by atoms with van der Waals surface area (Å²) < 4.78 is 10.9. The third-order valence-electron chi connectivity index (χ3n) is 2.73. The van der Waals surface area contributed by atoms with E-state index < -0.39 is 0 Å². The van der Waals surface area contributed by atoms with Crippen LogP contribution in [0, 0.1) is 0 Å². The van der Waals surface area contributed by atoms with E-state index in [2.05, 4.69) is 5.32 Å². The molecule has 1 unspecified atom stereocenters. The highest BCUT2D eigenvalue weighted by atomic mass is 16.6. The highest BCUT2D eigenvalue weighted by Gasteiger charge is 2.13. The summed E-state index contributed by atoms with van der Waals surface area (Å²) in [6.07, 6.45) is 0.320. The van der Waals surface area contributed by atoms with Crippen molar-refractivity contribution in [1.29, 1.82) is 0 Å².